The molecule has 0 spiro atoms. The van der Waals surface area contributed by atoms with Crippen molar-refractivity contribution in [2.45, 2.75) is 25.3 Å². The van der Waals surface area contributed by atoms with Gasteiger partial charge in [0, 0.05) is 6.92 Å². The first-order valence-corrected chi connectivity index (χ1v) is 5.34. The van der Waals surface area contributed by atoms with Gasteiger partial charge in [0.2, 0.25) is 6.10 Å². The van der Waals surface area contributed by atoms with Gasteiger partial charge < -0.3 is 4.74 Å². The van der Waals surface area contributed by atoms with Gasteiger partial charge in [-0.25, -0.2) is 0 Å². The van der Waals surface area contributed by atoms with Crippen LogP contribution in [0.2, 0.25) is 0 Å². The molecule has 0 radical (unpaired) electrons. The van der Waals surface area contributed by atoms with Crippen molar-refractivity contribution in [2.75, 3.05) is 5.75 Å². The first-order chi connectivity index (χ1) is 6.62. The highest BCUT2D eigenvalue weighted by molar-refractivity contribution is 7.87. The fraction of sp³-hybridized carbons (Fsp3) is 0.833. The van der Waals surface area contributed by atoms with E-state index in [2.05, 4.69) is 8.92 Å². The molecule has 0 aromatic heterocycles. The molecule has 9 heteroatoms. The Hall–Kier alpha value is -0.830. The third-order valence-electron chi connectivity index (χ3n) is 1.60. The van der Waals surface area contributed by atoms with Crippen LogP contribution in [0.3, 0.4) is 0 Å². The monoisotopic (exact) mass is 248 g/mol. The van der Waals surface area contributed by atoms with Gasteiger partial charge in [0.1, 0.15) is 5.75 Å². The lowest BCUT2D eigenvalue weighted by Crippen LogP contribution is -2.40. The molecule has 1 saturated heterocycles. The minimum Gasteiger partial charge on any atom is -0.458 e. The SMILES string of the molecule is CC(=O)OC1CS(=O)(=O)OC1C(F)(F)F. The zero-order valence-electron chi connectivity index (χ0n) is 7.45. The molecule has 1 aliphatic rings. The van der Waals surface area contributed by atoms with E-state index in [1.807, 2.05) is 0 Å². The van der Waals surface area contributed by atoms with E-state index in [9.17, 15) is 26.4 Å². The number of alkyl halides is 3. The van der Waals surface area contributed by atoms with Crippen LogP contribution in [0.4, 0.5) is 13.2 Å². The van der Waals surface area contributed by atoms with Crippen LogP contribution in [0, 0.1) is 0 Å². The summed E-state index contributed by atoms with van der Waals surface area (Å²) in [7, 11) is -4.27. The van der Waals surface area contributed by atoms with Gasteiger partial charge >= 0.3 is 12.1 Å². The molecule has 0 aromatic carbocycles. The van der Waals surface area contributed by atoms with E-state index in [-0.39, 0.29) is 0 Å². The molecule has 0 amide bonds. The highest BCUT2D eigenvalue weighted by Gasteiger charge is 2.56. The maximum absolute atomic E-state index is 12.2. The van der Waals surface area contributed by atoms with E-state index in [4.69, 9.17) is 0 Å². The summed E-state index contributed by atoms with van der Waals surface area (Å²) in [6, 6.07) is 0. The Kier molecular flexibility index (Phi) is 2.97. The van der Waals surface area contributed by atoms with Crippen molar-refractivity contribution in [1.29, 1.82) is 0 Å². The van der Waals surface area contributed by atoms with Gasteiger partial charge in [-0.3, -0.25) is 8.98 Å². The lowest BCUT2D eigenvalue weighted by Gasteiger charge is -2.18. The molecule has 2 atom stereocenters. The zero-order valence-corrected chi connectivity index (χ0v) is 8.26. The second kappa shape index (κ2) is 3.63. The molecule has 1 aliphatic heterocycles. The molecule has 88 valence electrons. The van der Waals surface area contributed by atoms with E-state index in [1.54, 1.807) is 0 Å². The minimum absolute atomic E-state index is 0.887. The van der Waals surface area contributed by atoms with Crippen molar-refractivity contribution in [3.8, 4) is 0 Å². The predicted molar refractivity (Wildman–Crippen MR) is 40.3 cm³/mol. The van der Waals surface area contributed by atoms with Crippen LogP contribution in [0.1, 0.15) is 6.92 Å². The molecule has 1 heterocycles. The first kappa shape index (κ1) is 12.2. The van der Waals surface area contributed by atoms with Crippen LogP contribution in [-0.2, 0) is 23.8 Å². The number of halogens is 3. The molecule has 1 fully saturated rings. The average molecular weight is 248 g/mol. The molecular formula is C6H7F3O5S. The third kappa shape index (κ3) is 3.06. The lowest BCUT2D eigenvalue weighted by molar-refractivity contribution is -0.215. The molecule has 0 aromatic rings. The number of hydrogen-bond donors (Lipinski definition) is 0. The Morgan fingerprint density at radius 3 is 2.40 bits per heavy atom. The Balaban J connectivity index is 2.89. The average Bonchev–Trinajstić information content (AvgIpc) is 2.22. The number of carbonyl (C=O) groups excluding carboxylic acids is 1. The van der Waals surface area contributed by atoms with E-state index < -0.39 is 40.2 Å². The Morgan fingerprint density at radius 2 is 2.00 bits per heavy atom. The van der Waals surface area contributed by atoms with Crippen molar-refractivity contribution in [3.05, 3.63) is 0 Å². The Morgan fingerprint density at radius 1 is 1.47 bits per heavy atom. The van der Waals surface area contributed by atoms with Gasteiger partial charge in [-0.05, 0) is 0 Å². The standard InChI is InChI=1S/C6H7F3O5S/c1-3(10)13-4-2-15(11,12)14-5(4)6(7,8)9/h4-5H,2H2,1H3. The second-order valence-corrected chi connectivity index (χ2v) is 4.57. The van der Waals surface area contributed by atoms with Gasteiger partial charge in [0.05, 0.1) is 0 Å². The summed E-state index contributed by atoms with van der Waals surface area (Å²) >= 11 is 0. The van der Waals surface area contributed by atoms with Crippen LogP contribution >= 0.6 is 0 Å². The molecule has 0 bridgehead atoms. The Labute approximate surface area is 83.3 Å². The summed E-state index contributed by atoms with van der Waals surface area (Å²) in [6.07, 6.45) is -9.32. The predicted octanol–water partition coefficient (Wildman–Crippen LogP) is 0.209. The maximum Gasteiger partial charge on any atom is 0.419 e. The van der Waals surface area contributed by atoms with Crippen LogP contribution in [0.25, 0.3) is 0 Å². The van der Waals surface area contributed by atoms with Crippen molar-refractivity contribution in [2.24, 2.45) is 0 Å². The zero-order chi connectivity index (χ0) is 11.9. The normalized spacial score (nSPS) is 30.1. The van der Waals surface area contributed by atoms with Gasteiger partial charge in [-0.1, -0.05) is 0 Å². The van der Waals surface area contributed by atoms with E-state index in [0.29, 0.717) is 0 Å². The Bertz CT molecular complexity index is 359. The largest absolute Gasteiger partial charge is 0.458 e. The summed E-state index contributed by atoms with van der Waals surface area (Å²) in [6.45, 7) is 0.887. The summed E-state index contributed by atoms with van der Waals surface area (Å²) in [5.74, 6) is -1.97. The van der Waals surface area contributed by atoms with Crippen molar-refractivity contribution in [1.82, 2.24) is 0 Å². The molecule has 0 N–H and O–H groups in total. The van der Waals surface area contributed by atoms with Crippen LogP contribution in [0.5, 0.6) is 0 Å². The molecule has 5 nitrogen and oxygen atoms in total. The van der Waals surface area contributed by atoms with Crippen molar-refractivity contribution in [3.63, 3.8) is 0 Å². The topological polar surface area (TPSA) is 69.7 Å². The number of hydrogen-bond acceptors (Lipinski definition) is 5. The van der Waals surface area contributed by atoms with Crippen molar-refractivity contribution < 1.29 is 35.3 Å². The first-order valence-electron chi connectivity index (χ1n) is 3.77. The number of rotatable bonds is 1. The van der Waals surface area contributed by atoms with Gasteiger partial charge in [-0.15, -0.1) is 0 Å². The van der Waals surface area contributed by atoms with Gasteiger partial charge in [0.15, 0.2) is 6.10 Å². The highest BCUT2D eigenvalue weighted by atomic mass is 32.2. The molecule has 1 rings (SSSR count). The van der Waals surface area contributed by atoms with Crippen LogP contribution < -0.4 is 0 Å². The quantitative estimate of drug-likeness (QED) is 0.490. The molecular weight excluding hydrogens is 241 g/mol. The van der Waals surface area contributed by atoms with Gasteiger partial charge in [0.25, 0.3) is 10.1 Å². The maximum atomic E-state index is 12.2. The fourth-order valence-electron chi connectivity index (χ4n) is 1.12. The van der Waals surface area contributed by atoms with E-state index >= 15 is 0 Å². The van der Waals surface area contributed by atoms with Crippen LogP contribution in [-0.4, -0.2) is 38.5 Å². The number of esters is 1. The summed E-state index contributed by atoms with van der Waals surface area (Å²) in [4.78, 5) is 10.4. The number of carbonyl (C=O) groups is 1. The number of ether oxygens (including phenoxy) is 1. The summed E-state index contributed by atoms with van der Waals surface area (Å²) < 4.78 is 66.2. The van der Waals surface area contributed by atoms with E-state index in [0.717, 1.165) is 6.92 Å². The molecule has 0 saturated carbocycles. The molecule has 15 heavy (non-hydrogen) atoms. The lowest BCUT2D eigenvalue weighted by atomic mass is 10.2. The third-order valence-corrected chi connectivity index (χ3v) is 2.83. The molecule has 0 aliphatic carbocycles. The molecule has 2 unspecified atom stereocenters. The second-order valence-electron chi connectivity index (χ2n) is 2.93. The van der Waals surface area contributed by atoms with Gasteiger partial charge in [-0.2, -0.15) is 21.6 Å². The van der Waals surface area contributed by atoms with E-state index in [1.165, 1.54) is 0 Å². The minimum atomic E-state index is -4.89. The van der Waals surface area contributed by atoms with Crippen molar-refractivity contribution >= 4 is 16.1 Å². The highest BCUT2D eigenvalue weighted by Crippen LogP contribution is 2.33. The van der Waals surface area contributed by atoms with Crippen LogP contribution in [0.15, 0.2) is 0 Å². The smallest absolute Gasteiger partial charge is 0.419 e. The summed E-state index contributed by atoms with van der Waals surface area (Å²) in [5, 5.41) is 0. The fourth-order valence-corrected chi connectivity index (χ4v) is 2.39. The summed E-state index contributed by atoms with van der Waals surface area (Å²) in [5.41, 5.74) is 0.